The first-order chi connectivity index (χ1) is 29.3. The van der Waals surface area contributed by atoms with Crippen LogP contribution in [0.15, 0.2) is 0 Å². The number of hydrogen-bond donors (Lipinski definition) is 17. The van der Waals surface area contributed by atoms with Crippen LogP contribution < -0.4 is 10.6 Å². The first-order valence-corrected chi connectivity index (χ1v) is 19.6. The van der Waals surface area contributed by atoms with Crippen LogP contribution in [-0.4, -0.2) is 275 Å². The highest BCUT2D eigenvalue weighted by molar-refractivity contribution is 5.73. The lowest BCUT2D eigenvalue weighted by atomic mass is 9.94. The molecule has 0 aliphatic carbocycles. The van der Waals surface area contributed by atoms with Gasteiger partial charge in [0.05, 0.1) is 33.0 Å². The summed E-state index contributed by atoms with van der Waals surface area (Å²) in [7, 11) is 0. The van der Waals surface area contributed by atoms with Crippen LogP contribution in [0.25, 0.3) is 0 Å². The molecule has 0 unspecified atom stereocenters. The second-order valence-corrected chi connectivity index (χ2v) is 15.5. The molecule has 5 aliphatic heterocycles. The van der Waals surface area contributed by atoms with Gasteiger partial charge in [0.25, 0.3) is 0 Å². The Hall–Kier alpha value is -2.02. The molecule has 5 heterocycles. The second kappa shape index (κ2) is 22.0. The predicted molar refractivity (Wildman–Crippen MR) is 190 cm³/mol. The number of aliphatic hydroxyl groups excluding tert-OH is 15. The molecule has 62 heavy (non-hydrogen) atoms. The van der Waals surface area contributed by atoms with Crippen LogP contribution in [0.3, 0.4) is 0 Å². The molecule has 0 bridgehead atoms. The molecule has 0 aromatic heterocycles. The van der Waals surface area contributed by atoms with Gasteiger partial charge in [-0.1, -0.05) is 0 Å². The lowest BCUT2D eigenvalue weighted by molar-refractivity contribution is -0.384. The van der Waals surface area contributed by atoms with Crippen molar-refractivity contribution in [2.75, 3.05) is 33.0 Å². The Balaban J connectivity index is 1.41. The third kappa shape index (κ3) is 11.0. The Morgan fingerprint density at radius 2 is 0.823 bits per heavy atom. The summed E-state index contributed by atoms with van der Waals surface area (Å²) in [6.45, 7) is -2.31. The van der Waals surface area contributed by atoms with Crippen molar-refractivity contribution >= 4 is 11.8 Å². The minimum Gasteiger partial charge on any atom is -0.394 e. The molecule has 5 aliphatic rings. The van der Waals surface area contributed by atoms with Crippen LogP contribution in [0, 0.1) is 0 Å². The van der Waals surface area contributed by atoms with Crippen molar-refractivity contribution in [2.45, 2.75) is 167 Å². The van der Waals surface area contributed by atoms with E-state index in [2.05, 4.69) is 10.6 Å². The number of hydrogen-bond acceptors (Lipinski definition) is 26. The largest absolute Gasteiger partial charge is 0.394 e. The van der Waals surface area contributed by atoms with Crippen molar-refractivity contribution < 1.29 is 129 Å². The number of ether oxygens (including phenoxy) is 9. The summed E-state index contributed by atoms with van der Waals surface area (Å²) in [4.78, 5) is 24.2. The third-order valence-electron chi connectivity index (χ3n) is 11.1. The van der Waals surface area contributed by atoms with Gasteiger partial charge in [0.2, 0.25) is 11.8 Å². The minimum absolute atomic E-state index is 0.693. The molecule has 360 valence electrons. The first-order valence-electron chi connectivity index (χ1n) is 19.6. The van der Waals surface area contributed by atoms with Gasteiger partial charge in [-0.2, -0.15) is 0 Å². The van der Waals surface area contributed by atoms with E-state index in [-0.39, 0.29) is 0 Å². The van der Waals surface area contributed by atoms with Crippen LogP contribution in [0.5, 0.6) is 0 Å². The molecule has 5 rings (SSSR count). The van der Waals surface area contributed by atoms with Crippen molar-refractivity contribution in [3.05, 3.63) is 0 Å². The molecule has 0 spiro atoms. The van der Waals surface area contributed by atoms with Gasteiger partial charge in [-0.15, -0.1) is 0 Å². The van der Waals surface area contributed by atoms with E-state index < -0.39 is 198 Å². The Kier molecular flexibility index (Phi) is 18.1. The van der Waals surface area contributed by atoms with Gasteiger partial charge in [-0.25, -0.2) is 0 Å². The van der Waals surface area contributed by atoms with Gasteiger partial charge in [0, 0.05) is 13.8 Å². The maximum atomic E-state index is 12.4. The fourth-order valence-electron chi connectivity index (χ4n) is 7.73. The van der Waals surface area contributed by atoms with E-state index in [0.29, 0.717) is 0 Å². The molecular weight excluding hydrogens is 852 g/mol. The molecule has 0 aromatic rings. The molecule has 25 atom stereocenters. The highest BCUT2D eigenvalue weighted by atomic mass is 16.8. The zero-order valence-electron chi connectivity index (χ0n) is 33.2. The van der Waals surface area contributed by atoms with Gasteiger partial charge in [-0.3, -0.25) is 9.59 Å². The van der Waals surface area contributed by atoms with Gasteiger partial charge >= 0.3 is 0 Å². The summed E-state index contributed by atoms with van der Waals surface area (Å²) < 4.78 is 50.8. The number of carbonyl (C=O) groups is 2. The standard InChI is InChI=1S/C34H58N2O26/c1-8(41)35-15-20(46)27(12(5-39)55-30(15)53)60-31-16(36-9(2)42)21(47)28(13(6-40)58-31)61-34-26(52)29(62-33-25(51)23(49)18(44)11(4-38)57-33)19(45)14(59-34)7-54-32-24(50)22(48)17(43)10(3-37)56-32/h10-34,37-40,43-53H,3-7H2,1-2H3,(H,35,41)(H,36,42)/t10-,11-,12-,13+,14-,15-,16-,17-,18-,19-,20-,21+,22+,23+,24+,25+,26-,27-,28+,29+,30+,31+,32+,33+,34+/m1/s1. The van der Waals surface area contributed by atoms with Crippen LogP contribution in [-0.2, 0) is 52.2 Å². The molecule has 5 fully saturated rings. The summed E-state index contributed by atoms with van der Waals surface area (Å²) in [5.74, 6) is -1.49. The zero-order valence-corrected chi connectivity index (χ0v) is 33.2. The van der Waals surface area contributed by atoms with Gasteiger partial charge in [-0.05, 0) is 0 Å². The van der Waals surface area contributed by atoms with Crippen LogP contribution in [0.1, 0.15) is 13.8 Å². The average Bonchev–Trinajstić information content (AvgIpc) is 3.23. The number of aliphatic hydroxyl groups is 15. The molecule has 0 saturated carbocycles. The quantitative estimate of drug-likeness (QED) is 0.0725. The molecular formula is C34H58N2O26. The Morgan fingerprint density at radius 1 is 0.419 bits per heavy atom. The monoisotopic (exact) mass is 910 g/mol. The van der Waals surface area contributed by atoms with Gasteiger partial charge in [0.1, 0.15) is 122 Å². The number of carbonyl (C=O) groups excluding carboxylic acids is 2. The molecule has 0 radical (unpaired) electrons. The zero-order chi connectivity index (χ0) is 45.9. The van der Waals surface area contributed by atoms with E-state index in [1.54, 1.807) is 0 Å². The van der Waals surface area contributed by atoms with Crippen molar-refractivity contribution in [3.63, 3.8) is 0 Å². The van der Waals surface area contributed by atoms with Crippen LogP contribution >= 0.6 is 0 Å². The predicted octanol–water partition coefficient (Wildman–Crippen LogP) is -11.6. The SMILES string of the molecule is CC(=O)N[C@@H]1[C@@H](O)[C@H](O[C@@H]2O[C@@H](CO)[C@H](O[C@@H]3O[C@H](CO[C@H]4O[C@H](CO)[C@@H](O)[C@H](O)[C@@H]4O)[C@@H](O)[C@H](O[C@@H]4O[C@H](CO)[C@@H](O)[C@H](O)[C@@H]4O)[C@H]3O)[C@@H](O)[C@H]2NC(C)=O)[C@@H](CO)O[C@@H]1O. The third-order valence-corrected chi connectivity index (χ3v) is 11.1. The summed E-state index contributed by atoms with van der Waals surface area (Å²) in [6, 6.07) is -3.19. The summed E-state index contributed by atoms with van der Waals surface area (Å²) in [5, 5.41) is 163. The Labute approximate surface area is 351 Å². The molecule has 17 N–H and O–H groups in total. The summed E-state index contributed by atoms with van der Waals surface area (Å²) in [5.41, 5.74) is 0. The maximum absolute atomic E-state index is 12.4. The van der Waals surface area contributed by atoms with Gasteiger partial charge in [0.15, 0.2) is 31.5 Å². The second-order valence-electron chi connectivity index (χ2n) is 15.5. The molecule has 28 heteroatoms. The highest BCUT2D eigenvalue weighted by Crippen LogP contribution is 2.35. The first kappa shape index (κ1) is 51.0. The highest BCUT2D eigenvalue weighted by Gasteiger charge is 2.56. The smallest absolute Gasteiger partial charge is 0.217 e. The average molecular weight is 911 g/mol. The Morgan fingerprint density at radius 3 is 1.35 bits per heavy atom. The topological polar surface area (TPSA) is 445 Å². The summed E-state index contributed by atoms with van der Waals surface area (Å²) in [6.07, 6.45) is -42.3. The fraction of sp³-hybridized carbons (Fsp3) is 0.941. The normalized spacial score (nSPS) is 49.0. The molecule has 5 saturated heterocycles. The van der Waals surface area contributed by atoms with E-state index >= 15 is 0 Å². The van der Waals surface area contributed by atoms with Crippen molar-refractivity contribution in [1.82, 2.24) is 10.6 Å². The van der Waals surface area contributed by atoms with Crippen molar-refractivity contribution in [1.29, 1.82) is 0 Å². The van der Waals surface area contributed by atoms with Crippen molar-refractivity contribution in [2.24, 2.45) is 0 Å². The van der Waals surface area contributed by atoms with E-state index in [1.807, 2.05) is 0 Å². The lowest BCUT2D eigenvalue weighted by Gasteiger charge is -2.50. The minimum atomic E-state index is -2.18. The van der Waals surface area contributed by atoms with E-state index in [9.17, 15) is 86.2 Å². The fourth-order valence-corrected chi connectivity index (χ4v) is 7.73. The number of amides is 2. The van der Waals surface area contributed by atoms with E-state index in [0.717, 1.165) is 13.8 Å². The van der Waals surface area contributed by atoms with Crippen LogP contribution in [0.4, 0.5) is 0 Å². The van der Waals surface area contributed by atoms with Crippen LogP contribution in [0.2, 0.25) is 0 Å². The van der Waals surface area contributed by atoms with Crippen molar-refractivity contribution in [3.8, 4) is 0 Å². The number of nitrogens with one attached hydrogen (secondary N) is 2. The number of rotatable bonds is 15. The van der Waals surface area contributed by atoms with E-state index in [1.165, 1.54) is 0 Å². The van der Waals surface area contributed by atoms with Gasteiger partial charge < -0.3 is 130 Å². The molecule has 0 aromatic carbocycles. The summed E-state index contributed by atoms with van der Waals surface area (Å²) >= 11 is 0. The molecule has 2 amide bonds. The molecule has 28 nitrogen and oxygen atoms in total. The lowest BCUT2D eigenvalue weighted by Crippen LogP contribution is -2.70. The maximum Gasteiger partial charge on any atom is 0.217 e. The van der Waals surface area contributed by atoms with E-state index in [4.69, 9.17) is 42.6 Å². The Bertz CT molecular complexity index is 1440.